The van der Waals surface area contributed by atoms with Crippen LogP contribution in [0.4, 0.5) is 0 Å². The molecule has 1 aromatic carbocycles. The zero-order valence-electron chi connectivity index (χ0n) is 14.3. The van der Waals surface area contributed by atoms with Crippen LogP contribution in [0.25, 0.3) is 10.9 Å². The van der Waals surface area contributed by atoms with Gasteiger partial charge in [0, 0.05) is 22.6 Å². The number of fused-ring (bicyclic) bond motifs is 3. The van der Waals surface area contributed by atoms with Crippen molar-refractivity contribution >= 4 is 19.0 Å². The fourth-order valence-corrected chi connectivity index (χ4v) is 5.52. The van der Waals surface area contributed by atoms with E-state index in [1.807, 2.05) is 0 Å². The van der Waals surface area contributed by atoms with Gasteiger partial charge in [0.05, 0.1) is 8.07 Å². The summed E-state index contributed by atoms with van der Waals surface area (Å²) in [6.07, 6.45) is 5.92. The van der Waals surface area contributed by atoms with Crippen molar-refractivity contribution in [3.05, 3.63) is 46.8 Å². The van der Waals surface area contributed by atoms with E-state index < -0.39 is 8.07 Å². The number of aromatic amines is 1. The zero-order chi connectivity index (χ0) is 15.7. The van der Waals surface area contributed by atoms with Crippen LogP contribution >= 0.6 is 0 Å². The highest BCUT2D eigenvalue weighted by molar-refractivity contribution is 6.83. The van der Waals surface area contributed by atoms with Gasteiger partial charge < -0.3 is 10.3 Å². The third-order valence-corrected chi connectivity index (χ3v) is 7.44. The first-order valence-electron chi connectivity index (χ1n) is 8.49. The van der Waals surface area contributed by atoms with Crippen LogP contribution in [0.3, 0.4) is 0 Å². The van der Waals surface area contributed by atoms with Gasteiger partial charge in [-0.25, -0.2) is 0 Å². The molecule has 0 amide bonds. The van der Waals surface area contributed by atoms with Crippen LogP contribution in [0.2, 0.25) is 19.6 Å². The smallest absolute Gasteiger partial charge is 0.0720 e. The highest BCUT2D eigenvalue weighted by Crippen LogP contribution is 2.33. The van der Waals surface area contributed by atoms with Crippen molar-refractivity contribution in [3.8, 4) is 0 Å². The van der Waals surface area contributed by atoms with E-state index >= 15 is 0 Å². The number of para-hydroxylation sites is 1. The number of hydrogen-bond acceptors (Lipinski definition) is 1. The summed E-state index contributed by atoms with van der Waals surface area (Å²) in [6, 6.07) is 9.20. The second-order valence-corrected chi connectivity index (χ2v) is 12.6. The van der Waals surface area contributed by atoms with Crippen LogP contribution in [-0.4, -0.2) is 19.6 Å². The summed E-state index contributed by atoms with van der Waals surface area (Å²) in [5.74, 6) is 0. The van der Waals surface area contributed by atoms with E-state index in [1.54, 1.807) is 5.20 Å². The average Bonchev–Trinajstić information content (AvgIpc) is 2.86. The van der Waals surface area contributed by atoms with E-state index in [2.05, 4.69) is 67.2 Å². The molecule has 0 saturated carbocycles. The molecule has 22 heavy (non-hydrogen) atoms. The Morgan fingerprint density at radius 3 is 2.77 bits per heavy atom. The minimum atomic E-state index is -1.17. The third-order valence-electron chi connectivity index (χ3n) is 4.97. The average molecular weight is 313 g/mol. The Hall–Kier alpha value is -1.32. The molecule has 1 atom stereocenters. The number of rotatable bonds is 4. The molecule has 1 aliphatic rings. The molecule has 118 valence electrons. The standard InChI is InChI=1S/C19H28N2Si/c1-5-14(22(2,3)4)10-11-18-19-16(12-13-20-18)15-8-6-7-9-17(15)21-19/h5-9,18,20-21H,10-13H2,1-4H3/t18-/m0/s1. The van der Waals surface area contributed by atoms with Gasteiger partial charge in [0.2, 0.25) is 0 Å². The summed E-state index contributed by atoms with van der Waals surface area (Å²) < 4.78 is 0. The Morgan fingerprint density at radius 2 is 2.05 bits per heavy atom. The second-order valence-electron chi connectivity index (χ2n) is 7.42. The molecule has 0 fully saturated rings. The SMILES string of the molecule is CC=C(CC[C@@H]1NCCc2c1[nH]c1ccccc21)[Si](C)(C)C. The maximum Gasteiger partial charge on any atom is 0.0720 e. The first-order chi connectivity index (χ1) is 10.5. The highest BCUT2D eigenvalue weighted by Gasteiger charge is 2.25. The van der Waals surface area contributed by atoms with Crippen molar-refractivity contribution < 1.29 is 0 Å². The van der Waals surface area contributed by atoms with Gasteiger partial charge >= 0.3 is 0 Å². The summed E-state index contributed by atoms with van der Waals surface area (Å²) in [4.78, 5) is 3.68. The monoisotopic (exact) mass is 312 g/mol. The molecule has 1 aliphatic heterocycles. The van der Waals surface area contributed by atoms with Gasteiger partial charge in [-0.3, -0.25) is 0 Å². The van der Waals surface area contributed by atoms with Crippen LogP contribution < -0.4 is 5.32 Å². The lowest BCUT2D eigenvalue weighted by Gasteiger charge is -2.27. The fourth-order valence-electron chi connectivity index (χ4n) is 3.76. The molecule has 0 bridgehead atoms. The Labute approximate surface area is 135 Å². The van der Waals surface area contributed by atoms with E-state index in [0.29, 0.717) is 6.04 Å². The van der Waals surface area contributed by atoms with Crippen molar-refractivity contribution in [1.29, 1.82) is 0 Å². The molecule has 2 aromatic rings. The number of benzene rings is 1. The number of hydrogen-bond donors (Lipinski definition) is 2. The lowest BCUT2D eigenvalue weighted by atomic mass is 9.96. The Kier molecular flexibility index (Phi) is 4.28. The van der Waals surface area contributed by atoms with Crippen LogP contribution in [0.15, 0.2) is 35.5 Å². The van der Waals surface area contributed by atoms with E-state index in [0.717, 1.165) is 13.0 Å². The predicted octanol–water partition coefficient (Wildman–Crippen LogP) is 4.96. The number of nitrogens with one attached hydrogen (secondary N) is 2. The number of H-pyrrole nitrogens is 1. The van der Waals surface area contributed by atoms with Crippen LogP contribution in [0.5, 0.6) is 0 Å². The molecule has 2 heterocycles. The van der Waals surface area contributed by atoms with E-state index in [1.165, 1.54) is 35.0 Å². The first kappa shape index (κ1) is 15.6. The molecule has 0 radical (unpaired) electrons. The fraction of sp³-hybridized carbons (Fsp3) is 0.474. The van der Waals surface area contributed by atoms with Gasteiger partial charge in [-0.1, -0.05) is 49.1 Å². The summed E-state index contributed by atoms with van der Waals surface area (Å²) >= 11 is 0. The normalized spacial score (nSPS) is 19.5. The summed E-state index contributed by atoms with van der Waals surface area (Å²) in [5, 5.41) is 6.83. The molecular weight excluding hydrogens is 284 g/mol. The quantitative estimate of drug-likeness (QED) is 0.767. The molecule has 3 heteroatoms. The van der Waals surface area contributed by atoms with Gasteiger partial charge in [-0.15, -0.1) is 0 Å². The van der Waals surface area contributed by atoms with Gasteiger partial charge in [-0.2, -0.15) is 0 Å². The molecule has 2 nitrogen and oxygen atoms in total. The summed E-state index contributed by atoms with van der Waals surface area (Å²) in [5.41, 5.74) is 4.26. The topological polar surface area (TPSA) is 27.8 Å². The van der Waals surface area contributed by atoms with Crippen LogP contribution in [0.1, 0.15) is 37.1 Å². The van der Waals surface area contributed by atoms with Crippen molar-refractivity contribution in [2.75, 3.05) is 6.54 Å². The van der Waals surface area contributed by atoms with Crippen molar-refractivity contribution in [2.24, 2.45) is 0 Å². The predicted molar refractivity (Wildman–Crippen MR) is 99.1 cm³/mol. The Bertz CT molecular complexity index is 691. The zero-order valence-corrected chi connectivity index (χ0v) is 15.3. The molecule has 0 aliphatic carbocycles. The largest absolute Gasteiger partial charge is 0.357 e. The summed E-state index contributed by atoms with van der Waals surface area (Å²) in [6.45, 7) is 10.6. The lowest BCUT2D eigenvalue weighted by molar-refractivity contribution is 0.470. The van der Waals surface area contributed by atoms with Gasteiger partial charge in [0.15, 0.2) is 0 Å². The van der Waals surface area contributed by atoms with Crippen molar-refractivity contribution in [2.45, 2.75) is 51.9 Å². The van der Waals surface area contributed by atoms with Gasteiger partial charge in [0.25, 0.3) is 0 Å². The van der Waals surface area contributed by atoms with E-state index in [9.17, 15) is 0 Å². The third kappa shape index (κ3) is 2.92. The van der Waals surface area contributed by atoms with E-state index in [-0.39, 0.29) is 0 Å². The molecule has 0 unspecified atom stereocenters. The minimum Gasteiger partial charge on any atom is -0.357 e. The molecule has 0 spiro atoms. The highest BCUT2D eigenvalue weighted by atomic mass is 28.3. The Morgan fingerprint density at radius 1 is 1.27 bits per heavy atom. The van der Waals surface area contributed by atoms with Crippen molar-refractivity contribution in [3.63, 3.8) is 0 Å². The lowest BCUT2D eigenvalue weighted by Crippen LogP contribution is -2.31. The first-order valence-corrected chi connectivity index (χ1v) is 12.0. The van der Waals surface area contributed by atoms with Crippen LogP contribution in [0, 0.1) is 0 Å². The second kappa shape index (κ2) is 6.05. The minimum absolute atomic E-state index is 0.474. The van der Waals surface area contributed by atoms with Gasteiger partial charge in [-0.05, 0) is 44.4 Å². The number of allylic oxidation sites excluding steroid dienone is 2. The molecule has 3 rings (SSSR count). The maximum atomic E-state index is 3.72. The van der Waals surface area contributed by atoms with Crippen molar-refractivity contribution in [1.82, 2.24) is 10.3 Å². The van der Waals surface area contributed by atoms with Gasteiger partial charge in [0.1, 0.15) is 0 Å². The maximum absolute atomic E-state index is 3.72. The molecule has 0 saturated heterocycles. The number of aromatic nitrogens is 1. The van der Waals surface area contributed by atoms with E-state index in [4.69, 9.17) is 0 Å². The molecule has 2 N–H and O–H groups in total. The Balaban J connectivity index is 1.83. The molecule has 1 aromatic heterocycles. The summed E-state index contributed by atoms with van der Waals surface area (Å²) in [7, 11) is -1.17. The molecular formula is C19H28N2Si. The van der Waals surface area contributed by atoms with Crippen LogP contribution in [-0.2, 0) is 6.42 Å².